The number of carboxylic acids is 1. The van der Waals surface area contributed by atoms with Gasteiger partial charge >= 0.3 is 5.97 Å². The molecule has 3 rings (SSSR count). The van der Waals surface area contributed by atoms with E-state index in [2.05, 4.69) is 16.0 Å². The molecule has 0 aromatic heterocycles. The second-order valence-electron chi connectivity index (χ2n) is 9.64. The molecular weight excluding hydrogens is 582 g/mol. The molecule has 4 amide bonds. The zero-order chi connectivity index (χ0) is 34.3. The van der Waals surface area contributed by atoms with Gasteiger partial charge in [-0.05, 0) is 35.4 Å². The van der Waals surface area contributed by atoms with Gasteiger partial charge in [0.1, 0.15) is 23.6 Å². The molecule has 1 aliphatic heterocycles. The van der Waals surface area contributed by atoms with Gasteiger partial charge in [-0.15, -0.1) is 0 Å². The maximum absolute atomic E-state index is 13.5. The number of hydrogen-bond donors (Lipinski definition) is 5. The summed E-state index contributed by atoms with van der Waals surface area (Å²) in [6.45, 7) is 8.81. The number of carbonyl (C=O) groups is 5. The summed E-state index contributed by atoms with van der Waals surface area (Å²) in [4.78, 5) is 64.5. The molecule has 0 saturated heterocycles. The molecule has 45 heavy (non-hydrogen) atoms. The quantitative estimate of drug-likeness (QED) is 0.290. The van der Waals surface area contributed by atoms with E-state index in [0.717, 1.165) is 4.90 Å². The number of nitrogens with zero attached hydrogens (tertiary/aromatic N) is 1. The number of nitrogens with one attached hydrogen (secondary N) is 3. The summed E-state index contributed by atoms with van der Waals surface area (Å²) < 4.78 is 11.2. The molecule has 0 radical (unpaired) electrons. The Morgan fingerprint density at radius 3 is 2.16 bits per heavy atom. The van der Waals surface area contributed by atoms with Gasteiger partial charge in [0.05, 0.1) is 27.3 Å². The van der Waals surface area contributed by atoms with E-state index in [9.17, 15) is 29.1 Å². The van der Waals surface area contributed by atoms with Crippen LogP contribution in [0.4, 0.5) is 0 Å². The van der Waals surface area contributed by atoms with Crippen molar-refractivity contribution in [3.63, 3.8) is 0 Å². The number of rotatable bonds is 8. The van der Waals surface area contributed by atoms with Crippen LogP contribution in [-0.2, 0) is 30.4 Å². The van der Waals surface area contributed by atoms with Gasteiger partial charge in [0.2, 0.25) is 23.6 Å². The minimum atomic E-state index is -1.27. The van der Waals surface area contributed by atoms with Crippen molar-refractivity contribution in [2.45, 2.75) is 53.1 Å². The molecule has 13 nitrogen and oxygen atoms in total. The molecule has 13 heteroatoms. The number of aliphatic carboxylic acids is 1. The van der Waals surface area contributed by atoms with Crippen LogP contribution in [0.25, 0.3) is 11.1 Å². The van der Waals surface area contributed by atoms with Crippen LogP contribution in [0.2, 0.25) is 0 Å². The first-order valence-electron chi connectivity index (χ1n) is 14.9. The highest BCUT2D eigenvalue weighted by molar-refractivity contribution is 5.94. The van der Waals surface area contributed by atoms with Gasteiger partial charge in [0, 0.05) is 37.1 Å². The Bertz CT molecular complexity index is 1330. The smallest absolute Gasteiger partial charge is 0.326 e. The van der Waals surface area contributed by atoms with E-state index in [1.54, 1.807) is 43.3 Å². The Hall–Kier alpha value is -4.65. The van der Waals surface area contributed by atoms with Crippen molar-refractivity contribution in [2.75, 3.05) is 40.9 Å². The van der Waals surface area contributed by atoms with Crippen molar-refractivity contribution in [2.24, 2.45) is 11.7 Å². The molecular formula is C32H47N5O8. The molecule has 2 aromatic carbocycles. The van der Waals surface area contributed by atoms with Gasteiger partial charge in [-0.1, -0.05) is 46.8 Å². The molecule has 3 atom stereocenters. The summed E-state index contributed by atoms with van der Waals surface area (Å²) >= 11 is 0. The molecule has 0 spiro atoms. The Morgan fingerprint density at radius 1 is 1.02 bits per heavy atom. The van der Waals surface area contributed by atoms with Crippen LogP contribution in [0.3, 0.4) is 0 Å². The Labute approximate surface area is 264 Å². The van der Waals surface area contributed by atoms with E-state index in [1.807, 2.05) is 27.7 Å². The fourth-order valence-corrected chi connectivity index (χ4v) is 4.41. The van der Waals surface area contributed by atoms with Crippen LogP contribution in [-0.4, -0.2) is 86.5 Å². The number of amides is 4. The van der Waals surface area contributed by atoms with Crippen LogP contribution in [0.5, 0.6) is 11.5 Å². The van der Waals surface area contributed by atoms with Crippen LogP contribution >= 0.6 is 0 Å². The van der Waals surface area contributed by atoms with Crippen LogP contribution in [0.1, 0.15) is 51.8 Å². The fraction of sp³-hybridized carbons (Fsp3) is 0.469. The summed E-state index contributed by atoms with van der Waals surface area (Å²) in [5, 5.41) is 17.2. The third-order valence-electron chi connectivity index (χ3n) is 6.83. The fourth-order valence-electron chi connectivity index (χ4n) is 4.41. The largest absolute Gasteiger partial charge is 0.496 e. The lowest BCUT2D eigenvalue weighted by molar-refractivity contribution is -0.142. The average Bonchev–Trinajstić information content (AvgIpc) is 3.06. The van der Waals surface area contributed by atoms with Gasteiger partial charge in [-0.2, -0.15) is 0 Å². The Morgan fingerprint density at radius 2 is 1.60 bits per heavy atom. The van der Waals surface area contributed by atoms with Crippen LogP contribution < -0.4 is 31.2 Å². The molecule has 1 heterocycles. The number of hydrogen-bond acceptors (Lipinski definition) is 8. The standard InChI is InChI=1S/C28H35N5O8.2C2H6/c1-15(12-29)26(36)31-14-24(35)33(2)25-17-6-8-22(41-4)19(11-17)18-9-16(5-7-21(18)40-3)10-20(28(38)39)32-23(34)13-30-27(25)37;2*1-2/h5-9,11,15,20,25H,10,12-14,29H2,1-4H3,(H,30,37)(H,31,36)(H,32,34)(H,38,39);2*1-2H3/t15?,20-,25?;;/m0../s1. The third kappa shape index (κ3) is 10.2. The predicted molar refractivity (Wildman–Crippen MR) is 171 cm³/mol. The van der Waals surface area contributed by atoms with Gasteiger partial charge in [0.25, 0.3) is 0 Å². The SMILES string of the molecule is CC.CC.COc1ccc2cc1-c1cc(ccc1OC)C(N(C)C(=O)CNC(=O)C(C)CN)C(=O)NCC(=O)N[C@H](C(=O)O)C2. The molecule has 248 valence electrons. The van der Waals surface area contributed by atoms with E-state index >= 15 is 0 Å². The number of methoxy groups -OCH3 is 2. The topological polar surface area (TPSA) is 189 Å². The third-order valence-corrected chi connectivity index (χ3v) is 6.83. The van der Waals surface area contributed by atoms with E-state index in [4.69, 9.17) is 15.2 Å². The van der Waals surface area contributed by atoms with Crippen molar-refractivity contribution in [3.8, 4) is 22.6 Å². The summed E-state index contributed by atoms with van der Waals surface area (Å²) in [5.74, 6) is -3.26. The Balaban J connectivity index is 0.00000243. The highest BCUT2D eigenvalue weighted by Crippen LogP contribution is 2.39. The van der Waals surface area contributed by atoms with E-state index in [-0.39, 0.29) is 19.5 Å². The van der Waals surface area contributed by atoms with Crippen LogP contribution in [0.15, 0.2) is 36.4 Å². The first-order valence-corrected chi connectivity index (χ1v) is 14.9. The van der Waals surface area contributed by atoms with Gasteiger partial charge in [-0.25, -0.2) is 4.79 Å². The lowest BCUT2D eigenvalue weighted by atomic mass is 9.94. The number of ether oxygens (including phenoxy) is 2. The van der Waals surface area contributed by atoms with Crippen molar-refractivity contribution in [1.82, 2.24) is 20.9 Å². The molecule has 2 unspecified atom stereocenters. The summed E-state index contributed by atoms with van der Waals surface area (Å²) in [6.07, 6.45) is -0.0254. The first kappa shape index (κ1) is 38.4. The van der Waals surface area contributed by atoms with Crippen LogP contribution in [0, 0.1) is 5.92 Å². The minimum Gasteiger partial charge on any atom is -0.496 e. The lowest BCUT2D eigenvalue weighted by Gasteiger charge is -2.29. The van der Waals surface area contributed by atoms with Gasteiger partial charge in [-0.3, -0.25) is 19.2 Å². The second kappa shape index (κ2) is 18.9. The molecule has 0 aliphatic carbocycles. The van der Waals surface area contributed by atoms with Crippen molar-refractivity contribution in [3.05, 3.63) is 47.5 Å². The highest BCUT2D eigenvalue weighted by Gasteiger charge is 2.31. The zero-order valence-corrected chi connectivity index (χ0v) is 27.4. The molecule has 6 N–H and O–H groups in total. The number of nitrogens with two attached hydrogens (primary N) is 1. The lowest BCUT2D eigenvalue weighted by Crippen LogP contribution is -2.49. The van der Waals surface area contributed by atoms with Crippen molar-refractivity contribution < 1.29 is 38.6 Å². The summed E-state index contributed by atoms with van der Waals surface area (Å²) in [5.41, 5.74) is 7.60. The molecule has 1 aliphatic rings. The molecule has 4 bridgehead atoms. The summed E-state index contributed by atoms with van der Waals surface area (Å²) in [7, 11) is 4.36. The Kier molecular flexibility index (Phi) is 16.1. The average molecular weight is 630 g/mol. The maximum Gasteiger partial charge on any atom is 0.326 e. The predicted octanol–water partition coefficient (Wildman–Crippen LogP) is 1.88. The first-order chi connectivity index (χ1) is 21.5. The van der Waals surface area contributed by atoms with Gasteiger partial charge < -0.3 is 41.2 Å². The molecule has 0 saturated carbocycles. The van der Waals surface area contributed by atoms with E-state index < -0.39 is 54.1 Å². The van der Waals surface area contributed by atoms with Crippen molar-refractivity contribution >= 4 is 29.6 Å². The van der Waals surface area contributed by atoms with Gasteiger partial charge in [0.15, 0.2) is 0 Å². The van der Waals surface area contributed by atoms with Crippen molar-refractivity contribution in [1.29, 1.82) is 0 Å². The molecule has 0 fully saturated rings. The number of carboxylic acid groups (broad SMARTS) is 1. The molecule has 2 aromatic rings. The number of fused-ring (bicyclic) bond motifs is 5. The van der Waals surface area contributed by atoms with E-state index in [0.29, 0.717) is 33.8 Å². The number of benzene rings is 2. The number of carbonyl (C=O) groups excluding carboxylic acids is 4. The zero-order valence-electron chi connectivity index (χ0n) is 27.4. The minimum absolute atomic E-state index is 0.0254. The van der Waals surface area contributed by atoms with E-state index in [1.165, 1.54) is 21.3 Å². The summed E-state index contributed by atoms with van der Waals surface area (Å²) in [6, 6.07) is 7.54. The second-order valence-corrected chi connectivity index (χ2v) is 9.64. The number of likely N-dealkylation sites (N-methyl/N-ethyl adjacent to an activating group) is 1. The monoisotopic (exact) mass is 629 g/mol. The maximum atomic E-state index is 13.5. The highest BCUT2D eigenvalue weighted by atomic mass is 16.5. The normalized spacial score (nSPS) is 16.4.